The smallest absolute Gasteiger partial charge is 0.255 e. The van der Waals surface area contributed by atoms with Crippen LogP contribution in [-0.2, 0) is 11.2 Å². The van der Waals surface area contributed by atoms with Crippen LogP contribution in [0.4, 0.5) is 5.82 Å². The maximum atomic E-state index is 11.0. The molecule has 0 atom stereocenters. The Bertz CT molecular complexity index is 1420. The molecule has 5 rings (SSSR count). The number of aryl methyl sites for hydroxylation is 1. The summed E-state index contributed by atoms with van der Waals surface area (Å²) in [6, 6.07) is 13.6. The first-order chi connectivity index (χ1) is 17.6. The van der Waals surface area contributed by atoms with E-state index in [-0.39, 0.29) is 6.61 Å². The molecule has 3 aromatic heterocycles. The molecule has 1 amide bonds. The van der Waals surface area contributed by atoms with Crippen LogP contribution in [0.3, 0.4) is 0 Å². The highest BCUT2D eigenvalue weighted by atomic mass is 16.5. The quantitative estimate of drug-likeness (QED) is 0.351. The number of nitrogens with two attached hydrogens (primary N) is 1. The van der Waals surface area contributed by atoms with Gasteiger partial charge >= 0.3 is 0 Å². The minimum absolute atomic E-state index is 0.192. The number of piperazine rings is 1. The number of H-pyrrole nitrogens is 1. The summed E-state index contributed by atoms with van der Waals surface area (Å²) in [5, 5.41) is 11.3. The Morgan fingerprint density at radius 2 is 1.97 bits per heavy atom. The molecule has 1 fully saturated rings. The molecular weight excluding hydrogens is 454 g/mol. The van der Waals surface area contributed by atoms with Gasteiger partial charge in [0.05, 0.1) is 17.1 Å². The van der Waals surface area contributed by atoms with Crippen LogP contribution in [0, 0.1) is 11.3 Å². The van der Waals surface area contributed by atoms with Crippen LogP contribution in [0.5, 0.6) is 5.88 Å². The zero-order valence-electron chi connectivity index (χ0n) is 20.1. The standard InChI is InChI=1S/C27H29N7O2/c28-16-19-4-6-23-22(15-19)20(17-31-23)3-1-2-10-33-11-13-34(14-12-33)27-21-5-7-26(36-18-25(29)35)32-24(21)8-9-30-27/h4-9,15,17,31H,1-3,10-14,18H2,(H2,29,35). The Morgan fingerprint density at radius 1 is 1.11 bits per heavy atom. The number of benzene rings is 1. The van der Waals surface area contributed by atoms with Crippen LogP contribution in [0.15, 0.2) is 48.8 Å². The molecule has 0 unspecified atom stereocenters. The number of carbonyl (C=O) groups excluding carboxylic acids is 1. The number of pyridine rings is 2. The van der Waals surface area contributed by atoms with E-state index < -0.39 is 5.91 Å². The zero-order chi connectivity index (χ0) is 24.9. The number of carbonyl (C=O) groups is 1. The second kappa shape index (κ2) is 10.6. The number of aromatic nitrogens is 3. The summed E-state index contributed by atoms with van der Waals surface area (Å²) in [6.45, 7) is 4.68. The van der Waals surface area contributed by atoms with Crippen molar-refractivity contribution in [3.8, 4) is 11.9 Å². The van der Waals surface area contributed by atoms with Gasteiger partial charge in [-0.05, 0) is 61.7 Å². The highest BCUT2D eigenvalue weighted by Gasteiger charge is 2.20. The zero-order valence-corrected chi connectivity index (χ0v) is 20.1. The van der Waals surface area contributed by atoms with Crippen molar-refractivity contribution < 1.29 is 9.53 Å². The van der Waals surface area contributed by atoms with Crippen molar-refractivity contribution in [3.05, 3.63) is 59.9 Å². The van der Waals surface area contributed by atoms with E-state index in [0.29, 0.717) is 11.4 Å². The van der Waals surface area contributed by atoms with E-state index in [0.717, 1.165) is 79.6 Å². The Kier molecular flexibility index (Phi) is 6.96. The molecule has 0 aliphatic carbocycles. The average molecular weight is 484 g/mol. The van der Waals surface area contributed by atoms with Gasteiger partial charge in [-0.25, -0.2) is 9.97 Å². The average Bonchev–Trinajstić information content (AvgIpc) is 3.31. The molecule has 0 bridgehead atoms. The number of anilines is 1. The molecule has 0 radical (unpaired) electrons. The fourth-order valence-electron chi connectivity index (χ4n) is 4.79. The first-order valence-corrected chi connectivity index (χ1v) is 12.2. The molecule has 0 saturated carbocycles. The highest BCUT2D eigenvalue weighted by Crippen LogP contribution is 2.26. The summed E-state index contributed by atoms with van der Waals surface area (Å²) in [7, 11) is 0. The van der Waals surface area contributed by atoms with Gasteiger partial charge in [-0.15, -0.1) is 0 Å². The number of nitrogens with one attached hydrogen (secondary N) is 1. The minimum atomic E-state index is -0.530. The lowest BCUT2D eigenvalue weighted by Crippen LogP contribution is -2.47. The van der Waals surface area contributed by atoms with E-state index in [9.17, 15) is 10.1 Å². The molecular formula is C27H29N7O2. The number of amides is 1. The monoisotopic (exact) mass is 483 g/mol. The van der Waals surface area contributed by atoms with Crippen LogP contribution < -0.4 is 15.4 Å². The molecule has 4 heterocycles. The molecule has 184 valence electrons. The summed E-state index contributed by atoms with van der Waals surface area (Å²) >= 11 is 0. The summed E-state index contributed by atoms with van der Waals surface area (Å²) in [4.78, 5) is 28.2. The number of rotatable bonds is 9. The first kappa shape index (κ1) is 23.6. The van der Waals surface area contributed by atoms with E-state index >= 15 is 0 Å². The van der Waals surface area contributed by atoms with Gasteiger partial charge < -0.3 is 20.4 Å². The number of nitriles is 1. The Morgan fingerprint density at radius 3 is 2.78 bits per heavy atom. The molecule has 1 aliphatic heterocycles. The second-order valence-electron chi connectivity index (χ2n) is 9.08. The van der Waals surface area contributed by atoms with E-state index in [1.165, 1.54) is 5.56 Å². The summed E-state index contributed by atoms with van der Waals surface area (Å²) < 4.78 is 5.34. The van der Waals surface area contributed by atoms with Crippen molar-refractivity contribution >= 4 is 33.5 Å². The van der Waals surface area contributed by atoms with Gasteiger partial charge in [0.15, 0.2) is 6.61 Å². The van der Waals surface area contributed by atoms with E-state index in [2.05, 4.69) is 37.0 Å². The first-order valence-electron chi connectivity index (χ1n) is 12.2. The van der Waals surface area contributed by atoms with Crippen LogP contribution in [0.25, 0.3) is 21.8 Å². The summed E-state index contributed by atoms with van der Waals surface area (Å²) in [5.41, 5.74) is 9.01. The normalized spacial score (nSPS) is 14.2. The maximum absolute atomic E-state index is 11.0. The van der Waals surface area contributed by atoms with Gasteiger partial charge in [-0.2, -0.15) is 5.26 Å². The van der Waals surface area contributed by atoms with Crippen molar-refractivity contribution in [2.24, 2.45) is 5.73 Å². The Labute approximate surface area is 209 Å². The molecule has 1 aliphatic rings. The highest BCUT2D eigenvalue weighted by molar-refractivity contribution is 5.90. The maximum Gasteiger partial charge on any atom is 0.255 e. The van der Waals surface area contributed by atoms with Crippen LogP contribution in [0.1, 0.15) is 24.0 Å². The van der Waals surface area contributed by atoms with Crippen molar-refractivity contribution in [1.82, 2.24) is 19.9 Å². The minimum Gasteiger partial charge on any atom is -0.468 e. The van der Waals surface area contributed by atoms with Crippen molar-refractivity contribution in [3.63, 3.8) is 0 Å². The summed E-state index contributed by atoms with van der Waals surface area (Å²) in [5.74, 6) is 0.774. The summed E-state index contributed by atoms with van der Waals surface area (Å²) in [6.07, 6.45) is 7.09. The van der Waals surface area contributed by atoms with Gasteiger partial charge in [0.25, 0.3) is 5.91 Å². The van der Waals surface area contributed by atoms with Crippen LogP contribution in [-0.4, -0.2) is 65.1 Å². The van der Waals surface area contributed by atoms with Gasteiger partial charge in [0.1, 0.15) is 5.82 Å². The lowest BCUT2D eigenvalue weighted by Gasteiger charge is -2.35. The fraction of sp³-hybridized carbons (Fsp3) is 0.333. The number of nitrogens with zero attached hydrogens (tertiary/aromatic N) is 5. The number of ether oxygens (including phenoxy) is 1. The van der Waals surface area contributed by atoms with Gasteiger partial charge in [0.2, 0.25) is 5.88 Å². The third kappa shape index (κ3) is 5.24. The molecule has 3 N–H and O–H groups in total. The number of primary amides is 1. The van der Waals surface area contributed by atoms with Crippen LogP contribution >= 0.6 is 0 Å². The lowest BCUT2D eigenvalue weighted by atomic mass is 10.1. The van der Waals surface area contributed by atoms with Crippen molar-refractivity contribution in [1.29, 1.82) is 5.26 Å². The third-order valence-corrected chi connectivity index (χ3v) is 6.67. The molecule has 9 nitrogen and oxygen atoms in total. The topological polar surface area (TPSA) is 124 Å². The van der Waals surface area contributed by atoms with E-state index in [4.69, 9.17) is 10.5 Å². The Balaban J connectivity index is 1.12. The fourth-order valence-corrected chi connectivity index (χ4v) is 4.79. The second-order valence-corrected chi connectivity index (χ2v) is 9.08. The third-order valence-electron chi connectivity index (χ3n) is 6.67. The van der Waals surface area contributed by atoms with Crippen LogP contribution in [0.2, 0.25) is 0 Å². The molecule has 36 heavy (non-hydrogen) atoms. The molecule has 1 aromatic carbocycles. The molecule has 4 aromatic rings. The van der Waals surface area contributed by atoms with E-state index in [1.807, 2.05) is 30.3 Å². The van der Waals surface area contributed by atoms with Gasteiger partial charge in [-0.3, -0.25) is 9.69 Å². The number of aromatic amines is 1. The molecule has 9 heteroatoms. The lowest BCUT2D eigenvalue weighted by molar-refractivity contribution is -0.120. The largest absolute Gasteiger partial charge is 0.468 e. The molecule has 1 saturated heterocycles. The van der Waals surface area contributed by atoms with Gasteiger partial charge in [0, 0.05) is 60.9 Å². The van der Waals surface area contributed by atoms with Crippen molar-refractivity contribution in [2.75, 3.05) is 44.2 Å². The number of hydrogen-bond donors (Lipinski definition) is 2. The Hall–Kier alpha value is -4.16. The number of hydrogen-bond acceptors (Lipinski definition) is 7. The number of unbranched alkanes of at least 4 members (excludes halogenated alkanes) is 1. The predicted molar refractivity (Wildman–Crippen MR) is 139 cm³/mol. The van der Waals surface area contributed by atoms with Gasteiger partial charge in [-0.1, -0.05) is 0 Å². The SMILES string of the molecule is N#Cc1ccc2[nH]cc(CCCCN3CCN(c4nccc5nc(OCC(N)=O)ccc45)CC3)c2c1. The predicted octanol–water partition coefficient (Wildman–Crippen LogP) is 2.99. The molecule has 0 spiro atoms. The van der Waals surface area contributed by atoms with E-state index in [1.54, 1.807) is 12.3 Å². The number of fused-ring (bicyclic) bond motifs is 2. The van der Waals surface area contributed by atoms with Crippen molar-refractivity contribution in [2.45, 2.75) is 19.3 Å².